The van der Waals surface area contributed by atoms with Crippen LogP contribution in [0.15, 0.2) is 12.1 Å². The molecule has 0 fully saturated rings. The Morgan fingerprint density at radius 2 is 2.06 bits per heavy atom. The quantitative estimate of drug-likeness (QED) is 0.595. The highest BCUT2D eigenvalue weighted by Gasteiger charge is 2.11. The van der Waals surface area contributed by atoms with Crippen LogP contribution in [0.5, 0.6) is 0 Å². The molecule has 1 aromatic rings. The first-order chi connectivity index (χ1) is 7.56. The molecule has 0 aromatic heterocycles. The van der Waals surface area contributed by atoms with E-state index in [1.807, 2.05) is 7.05 Å². The van der Waals surface area contributed by atoms with Crippen LogP contribution in [0.3, 0.4) is 0 Å². The maximum absolute atomic E-state index is 13.2. The summed E-state index contributed by atoms with van der Waals surface area (Å²) < 4.78 is 26.2. The van der Waals surface area contributed by atoms with E-state index in [9.17, 15) is 8.78 Å². The molecule has 0 radical (unpaired) electrons. The minimum absolute atomic E-state index is 0.00615. The molecule has 0 aliphatic carbocycles. The summed E-state index contributed by atoms with van der Waals surface area (Å²) in [5, 5.41) is 3.01. The van der Waals surface area contributed by atoms with Crippen molar-refractivity contribution in [2.75, 3.05) is 37.8 Å². The monoisotopic (exact) mass is 229 g/mol. The van der Waals surface area contributed by atoms with Gasteiger partial charge in [-0.05, 0) is 26.1 Å². The smallest absolute Gasteiger partial charge is 0.151 e. The number of nitrogens with zero attached hydrogens (tertiary/aromatic N) is 1. The van der Waals surface area contributed by atoms with Crippen molar-refractivity contribution in [3.8, 4) is 0 Å². The van der Waals surface area contributed by atoms with Gasteiger partial charge in [-0.3, -0.25) is 0 Å². The van der Waals surface area contributed by atoms with E-state index in [-0.39, 0.29) is 5.69 Å². The van der Waals surface area contributed by atoms with Crippen LogP contribution in [-0.2, 0) is 0 Å². The van der Waals surface area contributed by atoms with Gasteiger partial charge < -0.3 is 16.0 Å². The fraction of sp³-hybridized carbons (Fsp3) is 0.455. The van der Waals surface area contributed by atoms with E-state index in [0.717, 1.165) is 19.0 Å². The fourth-order valence-electron chi connectivity index (χ4n) is 1.50. The number of benzene rings is 1. The zero-order valence-electron chi connectivity index (χ0n) is 9.56. The van der Waals surface area contributed by atoms with Crippen LogP contribution in [-0.4, -0.2) is 27.2 Å². The Morgan fingerprint density at radius 1 is 1.38 bits per heavy atom. The first-order valence-corrected chi connectivity index (χ1v) is 5.16. The van der Waals surface area contributed by atoms with E-state index >= 15 is 0 Å². The molecule has 0 amide bonds. The van der Waals surface area contributed by atoms with Crippen LogP contribution in [0.2, 0.25) is 0 Å². The van der Waals surface area contributed by atoms with Gasteiger partial charge in [0.15, 0.2) is 5.82 Å². The molecule has 1 rings (SSSR count). The lowest BCUT2D eigenvalue weighted by atomic mass is 10.2. The molecule has 0 unspecified atom stereocenters. The van der Waals surface area contributed by atoms with Gasteiger partial charge >= 0.3 is 0 Å². The van der Waals surface area contributed by atoms with E-state index < -0.39 is 11.6 Å². The summed E-state index contributed by atoms with van der Waals surface area (Å²) in [6, 6.07) is 2.04. The van der Waals surface area contributed by atoms with E-state index in [1.54, 1.807) is 11.9 Å². The van der Waals surface area contributed by atoms with Gasteiger partial charge in [-0.2, -0.15) is 0 Å². The summed E-state index contributed by atoms with van der Waals surface area (Å²) >= 11 is 0. The summed E-state index contributed by atoms with van der Waals surface area (Å²) in [5.74, 6) is -1.32. The van der Waals surface area contributed by atoms with Gasteiger partial charge in [0.1, 0.15) is 5.82 Å². The highest BCUT2D eigenvalue weighted by atomic mass is 19.1. The van der Waals surface area contributed by atoms with E-state index in [2.05, 4.69) is 5.32 Å². The van der Waals surface area contributed by atoms with Gasteiger partial charge in [-0.15, -0.1) is 0 Å². The third-order valence-electron chi connectivity index (χ3n) is 2.40. The van der Waals surface area contributed by atoms with Crippen molar-refractivity contribution < 1.29 is 8.78 Å². The predicted octanol–water partition coefficient (Wildman–Crippen LogP) is 1.59. The average molecular weight is 229 g/mol. The zero-order chi connectivity index (χ0) is 12.1. The van der Waals surface area contributed by atoms with Crippen molar-refractivity contribution >= 4 is 11.4 Å². The van der Waals surface area contributed by atoms with E-state index in [0.29, 0.717) is 12.2 Å². The molecule has 3 nitrogen and oxygen atoms in total. The Hall–Kier alpha value is -1.36. The molecule has 0 bridgehead atoms. The summed E-state index contributed by atoms with van der Waals surface area (Å²) in [4.78, 5) is 1.75. The molecular formula is C11H17F2N3. The second kappa shape index (κ2) is 5.65. The molecule has 1 aromatic carbocycles. The standard InChI is InChI=1S/C11H17F2N3/c1-15-4-3-5-16(2)10-7-8(12)6-9(13)11(10)14/h6-7,15H,3-5,14H2,1-2H3. The highest BCUT2D eigenvalue weighted by molar-refractivity contribution is 5.67. The van der Waals surface area contributed by atoms with Gasteiger partial charge in [-0.1, -0.05) is 0 Å². The number of anilines is 2. The summed E-state index contributed by atoms with van der Waals surface area (Å²) in [7, 11) is 3.62. The molecule has 0 spiro atoms. The molecule has 0 heterocycles. The zero-order valence-corrected chi connectivity index (χ0v) is 9.56. The largest absolute Gasteiger partial charge is 0.395 e. The lowest BCUT2D eigenvalue weighted by Crippen LogP contribution is -2.23. The number of nitrogen functional groups attached to an aromatic ring is 1. The second-order valence-electron chi connectivity index (χ2n) is 3.70. The van der Waals surface area contributed by atoms with Crippen LogP contribution < -0.4 is 16.0 Å². The topological polar surface area (TPSA) is 41.3 Å². The molecule has 90 valence electrons. The second-order valence-corrected chi connectivity index (χ2v) is 3.70. The number of nitrogens with one attached hydrogen (secondary N) is 1. The van der Waals surface area contributed by atoms with E-state index in [4.69, 9.17) is 5.73 Å². The van der Waals surface area contributed by atoms with Crippen molar-refractivity contribution in [3.05, 3.63) is 23.8 Å². The normalized spacial score (nSPS) is 10.5. The van der Waals surface area contributed by atoms with Crippen molar-refractivity contribution in [2.24, 2.45) is 0 Å². The summed E-state index contributed by atoms with van der Waals surface area (Å²) in [5.41, 5.74) is 5.95. The Labute approximate surface area is 94.2 Å². The molecule has 0 aliphatic heterocycles. The Kier molecular flexibility index (Phi) is 4.49. The third kappa shape index (κ3) is 3.06. The van der Waals surface area contributed by atoms with Crippen LogP contribution in [0.25, 0.3) is 0 Å². The van der Waals surface area contributed by atoms with Gasteiger partial charge in [0, 0.05) is 19.7 Å². The number of rotatable bonds is 5. The van der Waals surface area contributed by atoms with Crippen molar-refractivity contribution in [2.45, 2.75) is 6.42 Å². The molecule has 0 aliphatic rings. The number of hydrogen-bond acceptors (Lipinski definition) is 3. The third-order valence-corrected chi connectivity index (χ3v) is 2.40. The fourth-order valence-corrected chi connectivity index (χ4v) is 1.50. The van der Waals surface area contributed by atoms with Gasteiger partial charge in [0.2, 0.25) is 0 Å². The van der Waals surface area contributed by atoms with Crippen molar-refractivity contribution in [1.29, 1.82) is 0 Å². The first kappa shape index (κ1) is 12.7. The van der Waals surface area contributed by atoms with Crippen molar-refractivity contribution in [1.82, 2.24) is 5.32 Å². The molecular weight excluding hydrogens is 212 g/mol. The summed E-state index contributed by atoms with van der Waals surface area (Å²) in [6.07, 6.45) is 0.880. The highest BCUT2D eigenvalue weighted by Crippen LogP contribution is 2.26. The van der Waals surface area contributed by atoms with Crippen LogP contribution in [0, 0.1) is 11.6 Å². The maximum atomic E-state index is 13.2. The SMILES string of the molecule is CNCCCN(C)c1cc(F)cc(F)c1N. The predicted molar refractivity (Wildman–Crippen MR) is 62.6 cm³/mol. The lowest BCUT2D eigenvalue weighted by molar-refractivity contribution is 0.585. The Bertz CT molecular complexity index is 355. The van der Waals surface area contributed by atoms with Crippen molar-refractivity contribution in [3.63, 3.8) is 0 Å². The number of halogens is 2. The van der Waals surface area contributed by atoms with E-state index in [1.165, 1.54) is 6.07 Å². The molecule has 3 N–H and O–H groups in total. The van der Waals surface area contributed by atoms with Gasteiger partial charge in [-0.25, -0.2) is 8.78 Å². The van der Waals surface area contributed by atoms with Crippen LogP contribution in [0.1, 0.15) is 6.42 Å². The minimum Gasteiger partial charge on any atom is -0.395 e. The summed E-state index contributed by atoms with van der Waals surface area (Å²) in [6.45, 7) is 1.54. The number of hydrogen-bond donors (Lipinski definition) is 2. The maximum Gasteiger partial charge on any atom is 0.151 e. The molecule has 0 saturated carbocycles. The molecule has 0 atom stereocenters. The average Bonchev–Trinajstić information content (AvgIpc) is 2.23. The molecule has 16 heavy (non-hydrogen) atoms. The minimum atomic E-state index is -0.713. The lowest BCUT2D eigenvalue weighted by Gasteiger charge is -2.21. The van der Waals surface area contributed by atoms with Gasteiger partial charge in [0.25, 0.3) is 0 Å². The number of nitrogens with two attached hydrogens (primary N) is 1. The van der Waals surface area contributed by atoms with Crippen LogP contribution >= 0.6 is 0 Å². The Balaban J connectivity index is 2.78. The Morgan fingerprint density at radius 3 is 2.69 bits per heavy atom. The molecule has 5 heteroatoms. The van der Waals surface area contributed by atoms with Crippen LogP contribution in [0.4, 0.5) is 20.2 Å². The first-order valence-electron chi connectivity index (χ1n) is 5.16. The molecule has 0 saturated heterocycles. The van der Waals surface area contributed by atoms with Gasteiger partial charge in [0.05, 0.1) is 11.4 Å².